The van der Waals surface area contributed by atoms with Crippen LogP contribution in [0.25, 0.3) is 5.65 Å². The number of nitrogens with zero attached hydrogens (tertiary/aromatic N) is 2. The van der Waals surface area contributed by atoms with Crippen LogP contribution in [0, 0.1) is 0 Å². The summed E-state index contributed by atoms with van der Waals surface area (Å²) in [5.74, 6) is -0.670. The van der Waals surface area contributed by atoms with Gasteiger partial charge < -0.3 is 10.1 Å². The lowest BCUT2D eigenvalue weighted by Crippen LogP contribution is -2.17. The van der Waals surface area contributed by atoms with Gasteiger partial charge in [0.1, 0.15) is 11.3 Å². The van der Waals surface area contributed by atoms with Crippen LogP contribution in [-0.2, 0) is 11.2 Å². The van der Waals surface area contributed by atoms with Crippen molar-refractivity contribution in [2.45, 2.75) is 33.1 Å². The van der Waals surface area contributed by atoms with Gasteiger partial charge in [0.25, 0.3) is 5.91 Å². The number of carbonyl (C=O) groups is 2. The summed E-state index contributed by atoms with van der Waals surface area (Å²) in [7, 11) is 0. The van der Waals surface area contributed by atoms with Crippen molar-refractivity contribution in [1.29, 1.82) is 0 Å². The maximum absolute atomic E-state index is 13.0. The number of unbranched alkanes of at least 4 members (excludes halogenated alkanes) is 1. The lowest BCUT2D eigenvalue weighted by atomic mass is 10.2. The summed E-state index contributed by atoms with van der Waals surface area (Å²) in [6.45, 7) is 4.39. The van der Waals surface area contributed by atoms with E-state index in [-0.39, 0.29) is 5.91 Å². The van der Waals surface area contributed by atoms with Crippen LogP contribution in [0.2, 0.25) is 0 Å². The number of halogens is 1. The van der Waals surface area contributed by atoms with Gasteiger partial charge in [-0.3, -0.25) is 9.20 Å². The van der Waals surface area contributed by atoms with Crippen LogP contribution in [0.15, 0.2) is 47.1 Å². The van der Waals surface area contributed by atoms with Crippen molar-refractivity contribution in [3.63, 3.8) is 0 Å². The average Bonchev–Trinajstić information content (AvgIpc) is 3.06. The molecule has 1 N–H and O–H groups in total. The molecule has 0 aliphatic heterocycles. The Hall–Kier alpha value is -2.67. The Morgan fingerprint density at radius 3 is 2.79 bits per heavy atom. The van der Waals surface area contributed by atoms with Gasteiger partial charge in [-0.2, -0.15) is 0 Å². The molecule has 1 amide bonds. The van der Waals surface area contributed by atoms with E-state index in [9.17, 15) is 9.59 Å². The largest absolute Gasteiger partial charge is 0.462 e. The fourth-order valence-corrected chi connectivity index (χ4v) is 3.20. The second-order valence-corrected chi connectivity index (χ2v) is 7.28. The molecular formula is C21H22BrN3O3. The summed E-state index contributed by atoms with van der Waals surface area (Å²) in [6.07, 6.45) is 4.23. The molecule has 0 saturated carbocycles. The summed E-state index contributed by atoms with van der Waals surface area (Å²) in [6, 6.07) is 10.5. The van der Waals surface area contributed by atoms with Crippen molar-refractivity contribution in [1.82, 2.24) is 9.38 Å². The van der Waals surface area contributed by atoms with E-state index in [1.165, 1.54) is 0 Å². The highest BCUT2D eigenvalue weighted by atomic mass is 79.9. The standard InChI is InChI=1S/C21H22BrN3O3/c1-3-5-11-28-21(27)14-7-6-8-16(12-14)23-20(26)19-17(4-2)24-18-10-9-15(22)13-25(18)19/h6-10,12-13H,3-5,11H2,1-2H3,(H,23,26). The lowest BCUT2D eigenvalue weighted by Gasteiger charge is -2.09. The van der Waals surface area contributed by atoms with E-state index in [1.54, 1.807) is 28.7 Å². The molecule has 0 fully saturated rings. The van der Waals surface area contributed by atoms with Crippen LogP contribution in [0.3, 0.4) is 0 Å². The summed E-state index contributed by atoms with van der Waals surface area (Å²) < 4.78 is 7.85. The number of amides is 1. The number of fused-ring (bicyclic) bond motifs is 1. The predicted molar refractivity (Wildman–Crippen MR) is 112 cm³/mol. The summed E-state index contributed by atoms with van der Waals surface area (Å²) in [5, 5.41) is 2.87. The molecule has 0 radical (unpaired) electrons. The fourth-order valence-electron chi connectivity index (χ4n) is 2.86. The number of esters is 1. The summed E-state index contributed by atoms with van der Waals surface area (Å²) in [5.41, 5.74) is 2.84. The third-order valence-corrected chi connectivity index (χ3v) is 4.76. The molecule has 0 atom stereocenters. The molecule has 2 heterocycles. The lowest BCUT2D eigenvalue weighted by molar-refractivity contribution is 0.0499. The number of rotatable bonds is 7. The van der Waals surface area contributed by atoms with Gasteiger partial charge in [-0.05, 0) is 59.1 Å². The van der Waals surface area contributed by atoms with Crippen LogP contribution in [0.4, 0.5) is 5.69 Å². The first-order valence-electron chi connectivity index (χ1n) is 9.28. The van der Waals surface area contributed by atoms with Gasteiger partial charge >= 0.3 is 5.97 Å². The maximum atomic E-state index is 13.0. The molecule has 0 unspecified atom stereocenters. The van der Waals surface area contributed by atoms with E-state index in [0.717, 1.165) is 17.3 Å². The Morgan fingerprint density at radius 1 is 1.21 bits per heavy atom. The number of benzene rings is 1. The van der Waals surface area contributed by atoms with E-state index >= 15 is 0 Å². The Morgan fingerprint density at radius 2 is 2.04 bits per heavy atom. The first kappa shape index (κ1) is 20.1. The zero-order chi connectivity index (χ0) is 20.1. The van der Waals surface area contributed by atoms with Crippen LogP contribution < -0.4 is 5.32 Å². The molecule has 2 aromatic heterocycles. The van der Waals surface area contributed by atoms with Gasteiger partial charge in [0.2, 0.25) is 0 Å². The van der Waals surface area contributed by atoms with Crippen molar-refractivity contribution in [2.24, 2.45) is 0 Å². The zero-order valence-electron chi connectivity index (χ0n) is 15.9. The molecule has 0 bridgehead atoms. The monoisotopic (exact) mass is 443 g/mol. The Kier molecular flexibility index (Phi) is 6.46. The minimum atomic E-state index is -0.391. The molecule has 0 aliphatic carbocycles. The number of hydrogen-bond donors (Lipinski definition) is 1. The molecule has 1 aromatic carbocycles. The van der Waals surface area contributed by atoms with Crippen molar-refractivity contribution in [3.8, 4) is 0 Å². The molecule has 3 rings (SSSR count). The van der Waals surface area contributed by atoms with Crippen molar-refractivity contribution < 1.29 is 14.3 Å². The molecule has 146 valence electrons. The second kappa shape index (κ2) is 9.01. The average molecular weight is 444 g/mol. The molecule has 0 aliphatic rings. The number of aromatic nitrogens is 2. The summed E-state index contributed by atoms with van der Waals surface area (Å²) >= 11 is 3.43. The Bertz CT molecular complexity index is 1010. The van der Waals surface area contributed by atoms with Gasteiger partial charge in [-0.1, -0.05) is 26.3 Å². The van der Waals surface area contributed by atoms with Gasteiger partial charge in [0.05, 0.1) is 17.9 Å². The predicted octanol–water partition coefficient (Wildman–Crippen LogP) is 4.87. The number of hydrogen-bond acceptors (Lipinski definition) is 4. The molecular weight excluding hydrogens is 422 g/mol. The highest BCUT2D eigenvalue weighted by Crippen LogP contribution is 2.20. The van der Waals surface area contributed by atoms with Crippen LogP contribution >= 0.6 is 15.9 Å². The van der Waals surface area contributed by atoms with Gasteiger partial charge in [-0.15, -0.1) is 0 Å². The van der Waals surface area contributed by atoms with E-state index < -0.39 is 5.97 Å². The minimum Gasteiger partial charge on any atom is -0.462 e. The molecule has 28 heavy (non-hydrogen) atoms. The third-order valence-electron chi connectivity index (χ3n) is 4.29. The fraction of sp³-hybridized carbons (Fsp3) is 0.286. The van der Waals surface area contributed by atoms with Crippen molar-refractivity contribution >= 4 is 39.1 Å². The number of imidazole rings is 1. The van der Waals surface area contributed by atoms with E-state index in [1.807, 2.05) is 32.2 Å². The molecule has 6 nitrogen and oxygen atoms in total. The van der Waals surface area contributed by atoms with Crippen molar-refractivity contribution in [2.75, 3.05) is 11.9 Å². The van der Waals surface area contributed by atoms with E-state index in [2.05, 4.69) is 26.2 Å². The van der Waals surface area contributed by atoms with E-state index in [4.69, 9.17) is 4.74 Å². The SMILES string of the molecule is CCCCOC(=O)c1cccc(NC(=O)c2c(CC)nc3ccc(Br)cn23)c1. The van der Waals surface area contributed by atoms with Gasteiger partial charge in [-0.25, -0.2) is 9.78 Å². The molecule has 0 spiro atoms. The Balaban J connectivity index is 1.84. The quantitative estimate of drug-likeness (QED) is 0.417. The number of ether oxygens (including phenoxy) is 1. The van der Waals surface area contributed by atoms with Crippen LogP contribution in [0.5, 0.6) is 0 Å². The number of anilines is 1. The third kappa shape index (κ3) is 4.42. The van der Waals surface area contributed by atoms with Crippen LogP contribution in [0.1, 0.15) is 53.2 Å². The highest BCUT2D eigenvalue weighted by molar-refractivity contribution is 9.10. The molecule has 7 heteroatoms. The number of pyridine rings is 1. The number of carbonyl (C=O) groups excluding carboxylic acids is 2. The van der Waals surface area contributed by atoms with Crippen molar-refractivity contribution in [3.05, 3.63) is 64.0 Å². The first-order chi connectivity index (χ1) is 13.5. The first-order valence-corrected chi connectivity index (χ1v) is 10.1. The van der Waals surface area contributed by atoms with E-state index in [0.29, 0.717) is 41.3 Å². The van der Waals surface area contributed by atoms with Gasteiger partial charge in [0.15, 0.2) is 0 Å². The smallest absolute Gasteiger partial charge is 0.338 e. The van der Waals surface area contributed by atoms with Crippen LogP contribution in [-0.4, -0.2) is 27.9 Å². The topological polar surface area (TPSA) is 72.7 Å². The highest BCUT2D eigenvalue weighted by Gasteiger charge is 2.19. The normalized spacial score (nSPS) is 10.8. The number of aryl methyl sites for hydroxylation is 1. The molecule has 3 aromatic rings. The maximum Gasteiger partial charge on any atom is 0.338 e. The number of nitrogens with one attached hydrogen (secondary N) is 1. The Labute approximate surface area is 172 Å². The second-order valence-electron chi connectivity index (χ2n) is 6.36. The zero-order valence-corrected chi connectivity index (χ0v) is 17.5. The summed E-state index contributed by atoms with van der Waals surface area (Å²) in [4.78, 5) is 29.6. The minimum absolute atomic E-state index is 0.279. The molecule has 0 saturated heterocycles. The van der Waals surface area contributed by atoms with Gasteiger partial charge in [0, 0.05) is 16.4 Å².